The minimum absolute atomic E-state index is 0.296. The van der Waals surface area contributed by atoms with E-state index in [0.29, 0.717) is 11.8 Å². The van der Waals surface area contributed by atoms with E-state index < -0.39 is 5.97 Å². The first kappa shape index (κ1) is 13.4. The van der Waals surface area contributed by atoms with Crippen LogP contribution in [-0.2, 0) is 4.79 Å². The lowest BCUT2D eigenvalue weighted by atomic mass is 9.71. The summed E-state index contributed by atoms with van der Waals surface area (Å²) < 4.78 is 0. The minimum atomic E-state index is -0.669. The van der Waals surface area contributed by atoms with E-state index in [4.69, 9.17) is 5.11 Å². The summed E-state index contributed by atoms with van der Waals surface area (Å²) in [5, 5.41) is 8.71. The fourth-order valence-corrected chi connectivity index (χ4v) is 4.26. The Morgan fingerprint density at radius 1 is 1.16 bits per heavy atom. The maximum Gasteiger partial charge on any atom is 0.304 e. The first-order valence-corrected chi connectivity index (χ1v) is 7.85. The first-order chi connectivity index (χ1) is 9.17. The molecule has 2 heterocycles. The average molecular weight is 266 g/mol. The minimum Gasteiger partial charge on any atom is -0.481 e. The van der Waals surface area contributed by atoms with E-state index in [1.54, 1.807) is 0 Å². The van der Waals surface area contributed by atoms with Crippen molar-refractivity contribution in [3.63, 3.8) is 0 Å². The summed E-state index contributed by atoms with van der Waals surface area (Å²) in [6.45, 7) is 5.57. The zero-order chi connectivity index (χ0) is 13.3. The van der Waals surface area contributed by atoms with E-state index in [1.165, 1.54) is 51.6 Å². The standard InChI is InChI=1S/C15H26N2O2/c18-14(19)5-8-16-11-15(12-16)6-9-17(10-7-15)13-3-1-2-4-13/h13H,1-12H2,(H,18,19). The normalized spacial score (nSPS) is 28.6. The number of nitrogens with zero attached hydrogens (tertiary/aromatic N) is 2. The molecule has 2 aliphatic heterocycles. The van der Waals surface area contributed by atoms with Crippen LogP contribution in [0.2, 0.25) is 0 Å². The molecule has 3 aliphatic rings. The van der Waals surface area contributed by atoms with Crippen molar-refractivity contribution in [1.29, 1.82) is 0 Å². The van der Waals surface area contributed by atoms with Gasteiger partial charge in [0.25, 0.3) is 0 Å². The van der Waals surface area contributed by atoms with Gasteiger partial charge in [0.2, 0.25) is 0 Å². The summed E-state index contributed by atoms with van der Waals surface area (Å²) in [4.78, 5) is 15.6. The summed E-state index contributed by atoms with van der Waals surface area (Å²) in [6.07, 6.45) is 8.63. The Morgan fingerprint density at radius 2 is 1.79 bits per heavy atom. The van der Waals surface area contributed by atoms with Gasteiger partial charge in [0.15, 0.2) is 0 Å². The van der Waals surface area contributed by atoms with Crippen LogP contribution in [0, 0.1) is 5.41 Å². The first-order valence-electron chi connectivity index (χ1n) is 7.85. The fourth-order valence-electron chi connectivity index (χ4n) is 4.26. The Kier molecular flexibility index (Phi) is 3.81. The highest BCUT2D eigenvalue weighted by molar-refractivity contribution is 5.66. The van der Waals surface area contributed by atoms with Gasteiger partial charge in [-0.15, -0.1) is 0 Å². The van der Waals surface area contributed by atoms with Crippen LogP contribution in [0.4, 0.5) is 0 Å². The second kappa shape index (κ2) is 5.41. The van der Waals surface area contributed by atoms with Crippen molar-refractivity contribution < 1.29 is 9.90 Å². The zero-order valence-corrected chi connectivity index (χ0v) is 11.8. The summed E-state index contributed by atoms with van der Waals surface area (Å²) in [6, 6.07) is 0.875. The van der Waals surface area contributed by atoms with Crippen LogP contribution in [0.1, 0.15) is 44.9 Å². The van der Waals surface area contributed by atoms with Crippen molar-refractivity contribution in [1.82, 2.24) is 9.80 Å². The Labute approximate surface area is 115 Å². The van der Waals surface area contributed by atoms with Gasteiger partial charge in [0.1, 0.15) is 0 Å². The third-order valence-corrected chi connectivity index (χ3v) is 5.46. The number of hydrogen-bond acceptors (Lipinski definition) is 3. The van der Waals surface area contributed by atoms with E-state index in [0.717, 1.165) is 25.7 Å². The second-order valence-corrected chi connectivity index (χ2v) is 6.83. The van der Waals surface area contributed by atoms with Crippen molar-refractivity contribution in [2.75, 3.05) is 32.7 Å². The lowest BCUT2D eigenvalue weighted by Crippen LogP contribution is -2.61. The molecule has 0 atom stereocenters. The fraction of sp³-hybridized carbons (Fsp3) is 0.933. The van der Waals surface area contributed by atoms with Gasteiger partial charge in [-0.1, -0.05) is 12.8 Å². The molecule has 19 heavy (non-hydrogen) atoms. The maximum absolute atomic E-state index is 10.6. The van der Waals surface area contributed by atoms with Gasteiger partial charge < -0.3 is 14.9 Å². The van der Waals surface area contributed by atoms with Gasteiger partial charge in [-0.3, -0.25) is 4.79 Å². The highest BCUT2D eigenvalue weighted by Gasteiger charge is 2.45. The molecule has 0 aromatic rings. The van der Waals surface area contributed by atoms with E-state index in [-0.39, 0.29) is 0 Å². The molecular weight excluding hydrogens is 240 g/mol. The Bertz CT molecular complexity index is 323. The van der Waals surface area contributed by atoms with E-state index in [2.05, 4.69) is 9.80 Å². The molecule has 1 aliphatic carbocycles. The lowest BCUT2D eigenvalue weighted by Gasteiger charge is -2.55. The Balaban J connectivity index is 1.40. The second-order valence-electron chi connectivity index (χ2n) is 6.83. The molecule has 0 amide bonds. The quantitative estimate of drug-likeness (QED) is 0.842. The number of rotatable bonds is 4. The molecule has 0 bridgehead atoms. The smallest absolute Gasteiger partial charge is 0.304 e. The van der Waals surface area contributed by atoms with Crippen molar-refractivity contribution in [3.05, 3.63) is 0 Å². The number of carboxylic acid groups (broad SMARTS) is 1. The molecule has 1 N–H and O–H groups in total. The number of carboxylic acids is 1. The van der Waals surface area contributed by atoms with Crippen LogP contribution in [0.5, 0.6) is 0 Å². The molecular formula is C15H26N2O2. The van der Waals surface area contributed by atoms with Crippen LogP contribution in [0.25, 0.3) is 0 Å². The number of piperidine rings is 1. The summed E-state index contributed by atoms with van der Waals surface area (Å²) in [5.41, 5.74) is 0.535. The van der Waals surface area contributed by atoms with Gasteiger partial charge in [-0.05, 0) is 44.2 Å². The zero-order valence-electron chi connectivity index (χ0n) is 11.8. The van der Waals surface area contributed by atoms with Crippen LogP contribution in [0.15, 0.2) is 0 Å². The molecule has 0 radical (unpaired) electrons. The molecule has 108 valence electrons. The number of carbonyl (C=O) groups is 1. The number of hydrogen-bond donors (Lipinski definition) is 1. The summed E-state index contributed by atoms with van der Waals surface area (Å²) >= 11 is 0. The molecule has 3 fully saturated rings. The van der Waals surface area contributed by atoms with Crippen LogP contribution in [-0.4, -0.2) is 59.6 Å². The van der Waals surface area contributed by atoms with Crippen molar-refractivity contribution in [3.8, 4) is 0 Å². The van der Waals surface area contributed by atoms with Crippen molar-refractivity contribution in [2.45, 2.75) is 51.0 Å². The molecule has 2 saturated heterocycles. The van der Waals surface area contributed by atoms with Crippen molar-refractivity contribution >= 4 is 5.97 Å². The summed E-state index contributed by atoms with van der Waals surface area (Å²) in [5.74, 6) is -0.669. The van der Waals surface area contributed by atoms with Gasteiger partial charge in [0.05, 0.1) is 6.42 Å². The van der Waals surface area contributed by atoms with Gasteiger partial charge >= 0.3 is 5.97 Å². The van der Waals surface area contributed by atoms with Crippen LogP contribution < -0.4 is 0 Å². The third-order valence-electron chi connectivity index (χ3n) is 5.46. The Hall–Kier alpha value is -0.610. The topological polar surface area (TPSA) is 43.8 Å². The molecule has 0 aromatic carbocycles. The van der Waals surface area contributed by atoms with Crippen LogP contribution >= 0.6 is 0 Å². The van der Waals surface area contributed by atoms with E-state index >= 15 is 0 Å². The van der Waals surface area contributed by atoms with E-state index in [1.807, 2.05) is 0 Å². The molecule has 0 unspecified atom stereocenters. The highest BCUT2D eigenvalue weighted by atomic mass is 16.4. The van der Waals surface area contributed by atoms with Gasteiger partial charge in [-0.2, -0.15) is 0 Å². The largest absolute Gasteiger partial charge is 0.481 e. The number of likely N-dealkylation sites (tertiary alicyclic amines) is 2. The molecule has 1 spiro atoms. The van der Waals surface area contributed by atoms with Crippen molar-refractivity contribution in [2.24, 2.45) is 5.41 Å². The predicted octanol–water partition coefficient (Wildman–Crippen LogP) is 1.80. The molecule has 0 aromatic heterocycles. The van der Waals surface area contributed by atoms with Gasteiger partial charge in [-0.25, -0.2) is 0 Å². The summed E-state index contributed by atoms with van der Waals surface area (Å²) in [7, 11) is 0. The molecule has 4 heteroatoms. The Morgan fingerprint density at radius 3 is 2.37 bits per heavy atom. The monoisotopic (exact) mass is 266 g/mol. The number of aliphatic carboxylic acids is 1. The van der Waals surface area contributed by atoms with Crippen LogP contribution in [0.3, 0.4) is 0 Å². The molecule has 1 saturated carbocycles. The molecule has 4 nitrogen and oxygen atoms in total. The average Bonchev–Trinajstić information content (AvgIpc) is 2.88. The third kappa shape index (κ3) is 2.95. The SMILES string of the molecule is O=C(O)CCN1CC2(CCN(C3CCCC3)CC2)C1. The maximum atomic E-state index is 10.6. The van der Waals surface area contributed by atoms with Gasteiger partial charge in [0, 0.05) is 25.7 Å². The lowest BCUT2D eigenvalue weighted by molar-refractivity contribution is -0.138. The molecule has 3 rings (SSSR count). The van der Waals surface area contributed by atoms with E-state index in [9.17, 15) is 4.79 Å². The predicted molar refractivity (Wildman–Crippen MR) is 74.2 cm³/mol. The highest BCUT2D eigenvalue weighted by Crippen LogP contribution is 2.41.